The van der Waals surface area contributed by atoms with Crippen molar-refractivity contribution in [3.8, 4) is 0 Å². The number of alkyl halides is 12. The average molecular weight is 639 g/mol. The van der Waals surface area contributed by atoms with Gasteiger partial charge in [-0.3, -0.25) is 0 Å². The second-order valence-corrected chi connectivity index (χ2v) is 12.4. The van der Waals surface area contributed by atoms with E-state index in [0.29, 0.717) is 24.3 Å². The van der Waals surface area contributed by atoms with Crippen LogP contribution in [0.1, 0.15) is 56.7 Å². The van der Waals surface area contributed by atoms with Gasteiger partial charge in [0.25, 0.3) is 21.2 Å². The highest BCUT2D eigenvalue weighted by Gasteiger charge is 2.49. The summed E-state index contributed by atoms with van der Waals surface area (Å²) < 4.78 is 158. The SMILES string of the molecule is FC(F)(F)c1cc([C@@H]2CC[C@@H](c3cc(C(F)(F)F)cc(C(F)(F)F)c3)[S+]2I)cc(C(F)(F)F)c1. The van der Waals surface area contributed by atoms with Gasteiger partial charge in [0.2, 0.25) is 0 Å². The van der Waals surface area contributed by atoms with Crippen molar-refractivity contribution >= 4 is 29.3 Å². The Kier molecular flexibility index (Phi) is 7.19. The molecule has 0 aromatic heterocycles. The first-order valence-electron chi connectivity index (χ1n) is 9.25. The summed E-state index contributed by atoms with van der Waals surface area (Å²) >= 11 is 1.70. The number of halogens is 13. The zero-order valence-corrected chi connectivity index (χ0v) is 19.3. The van der Waals surface area contributed by atoms with Crippen molar-refractivity contribution in [1.29, 1.82) is 0 Å². The van der Waals surface area contributed by atoms with Crippen LogP contribution in [0.15, 0.2) is 36.4 Å². The summed E-state index contributed by atoms with van der Waals surface area (Å²) in [5, 5.41) is -1.84. The van der Waals surface area contributed by atoms with Crippen LogP contribution in [0.5, 0.6) is 0 Å². The van der Waals surface area contributed by atoms with Crippen LogP contribution in [0.3, 0.4) is 0 Å². The van der Waals surface area contributed by atoms with Gasteiger partial charge in [0, 0.05) is 24.0 Å². The van der Waals surface area contributed by atoms with Gasteiger partial charge in [-0.1, -0.05) is 0 Å². The predicted octanol–water partition coefficient (Wildman–Crippen LogP) is 9.31. The van der Waals surface area contributed by atoms with Crippen LogP contribution >= 0.6 is 21.2 Å². The lowest BCUT2D eigenvalue weighted by molar-refractivity contribution is -0.144. The maximum Gasteiger partial charge on any atom is 0.416 e. The van der Waals surface area contributed by atoms with Crippen molar-refractivity contribution in [2.75, 3.05) is 0 Å². The van der Waals surface area contributed by atoms with E-state index in [2.05, 4.69) is 0 Å². The van der Waals surface area contributed by atoms with E-state index in [1.54, 1.807) is 21.2 Å². The molecule has 2 aromatic rings. The molecule has 1 aliphatic rings. The molecular formula is C20H12F12IS+. The normalized spacial score (nSPS) is 20.7. The predicted molar refractivity (Wildman–Crippen MR) is 109 cm³/mol. The lowest BCUT2D eigenvalue weighted by atomic mass is 9.97. The van der Waals surface area contributed by atoms with Crippen molar-refractivity contribution in [3.63, 3.8) is 0 Å². The fraction of sp³-hybridized carbons (Fsp3) is 0.400. The second kappa shape index (κ2) is 8.96. The molecule has 2 aromatic carbocycles. The van der Waals surface area contributed by atoms with Gasteiger partial charge < -0.3 is 0 Å². The molecule has 1 fully saturated rings. The molecule has 0 N–H and O–H groups in total. The van der Waals surface area contributed by atoms with E-state index < -0.39 is 65.5 Å². The first-order chi connectivity index (χ1) is 15.3. The van der Waals surface area contributed by atoms with Crippen LogP contribution in [0.2, 0.25) is 0 Å². The molecule has 0 amide bonds. The molecule has 34 heavy (non-hydrogen) atoms. The van der Waals surface area contributed by atoms with Gasteiger partial charge in [0.05, 0.1) is 30.3 Å². The lowest BCUT2D eigenvalue weighted by Crippen LogP contribution is -2.15. The molecule has 3 rings (SSSR count). The highest BCUT2D eigenvalue weighted by Crippen LogP contribution is 2.54. The van der Waals surface area contributed by atoms with Crippen molar-refractivity contribution in [3.05, 3.63) is 69.8 Å². The van der Waals surface area contributed by atoms with Crippen LogP contribution < -0.4 is 0 Å². The van der Waals surface area contributed by atoms with Crippen molar-refractivity contribution in [2.24, 2.45) is 0 Å². The monoisotopic (exact) mass is 639 g/mol. The molecule has 0 aliphatic carbocycles. The highest BCUT2D eigenvalue weighted by molar-refractivity contribution is 14.2. The Labute approximate surface area is 199 Å². The quantitative estimate of drug-likeness (QED) is 0.175. The fourth-order valence-electron chi connectivity index (χ4n) is 3.65. The summed E-state index contributed by atoms with van der Waals surface area (Å²) in [7, 11) is -1.19. The molecule has 188 valence electrons. The smallest absolute Gasteiger partial charge is 0.166 e. The Hall–Kier alpha value is -1.32. The highest BCUT2D eigenvalue weighted by atomic mass is 127. The van der Waals surface area contributed by atoms with E-state index in [1.165, 1.54) is 0 Å². The summed E-state index contributed by atoms with van der Waals surface area (Å²) in [5.41, 5.74) is -6.77. The summed E-state index contributed by atoms with van der Waals surface area (Å²) in [5.74, 6) is 0. The minimum absolute atomic E-state index is 0.00702. The first kappa shape index (κ1) is 27.3. The molecule has 0 unspecified atom stereocenters. The van der Waals surface area contributed by atoms with Crippen LogP contribution in [-0.4, -0.2) is 0 Å². The fourth-order valence-corrected chi connectivity index (χ4v) is 8.85. The summed E-state index contributed by atoms with van der Waals surface area (Å²) in [4.78, 5) is 0. The zero-order valence-electron chi connectivity index (χ0n) is 16.4. The lowest BCUT2D eigenvalue weighted by Gasteiger charge is -2.18. The summed E-state index contributed by atoms with van der Waals surface area (Å²) in [6, 6.07) is 2.12. The minimum Gasteiger partial charge on any atom is -0.166 e. The molecule has 0 bridgehead atoms. The van der Waals surface area contributed by atoms with Gasteiger partial charge in [0.15, 0.2) is 10.5 Å². The standard InChI is InChI=1S/C20H12F12IS/c21-17(22,23)11-3-9(4-12(7-11)18(24,25)26)15-1-2-16(34(15)33)10-5-13(19(27,28)29)8-14(6-10)20(30,31)32/h3-8,15-16H,1-2H2/q+1/t15-,16-/m0/s1. The molecule has 1 heterocycles. The largest absolute Gasteiger partial charge is 0.416 e. The summed E-state index contributed by atoms with van der Waals surface area (Å²) in [6.07, 6.45) is -20.3. The maximum absolute atomic E-state index is 13.2. The Bertz CT molecular complexity index is 903. The maximum atomic E-state index is 13.2. The molecule has 0 spiro atoms. The minimum atomic E-state index is -5.08. The first-order valence-corrected chi connectivity index (χ1v) is 13.1. The molecule has 0 saturated carbocycles. The Morgan fingerprint density at radius 3 is 0.941 bits per heavy atom. The van der Waals surface area contributed by atoms with Crippen molar-refractivity contribution in [2.45, 2.75) is 48.0 Å². The molecule has 14 heteroatoms. The Morgan fingerprint density at radius 2 is 0.735 bits per heavy atom. The van der Waals surface area contributed by atoms with Gasteiger partial charge in [-0.15, -0.1) is 0 Å². The van der Waals surface area contributed by atoms with Gasteiger partial charge in [0.1, 0.15) is 0 Å². The average Bonchev–Trinajstić information content (AvgIpc) is 3.06. The molecule has 0 nitrogen and oxygen atoms in total. The van der Waals surface area contributed by atoms with Crippen molar-refractivity contribution < 1.29 is 52.7 Å². The van der Waals surface area contributed by atoms with Crippen molar-refractivity contribution in [1.82, 2.24) is 0 Å². The number of rotatable bonds is 2. The van der Waals surface area contributed by atoms with Gasteiger partial charge in [-0.25, -0.2) is 0 Å². The number of hydrogen-bond donors (Lipinski definition) is 0. The Morgan fingerprint density at radius 1 is 0.500 bits per heavy atom. The van der Waals surface area contributed by atoms with Crippen LogP contribution in [-0.2, 0) is 32.8 Å². The molecular weight excluding hydrogens is 627 g/mol. The number of benzene rings is 2. The number of hydrogen-bond acceptors (Lipinski definition) is 0. The van der Waals surface area contributed by atoms with E-state index in [-0.39, 0.29) is 36.1 Å². The third-order valence-corrected chi connectivity index (χ3v) is 11.0. The van der Waals surface area contributed by atoms with E-state index in [1.807, 2.05) is 0 Å². The molecule has 1 saturated heterocycles. The van der Waals surface area contributed by atoms with E-state index in [4.69, 9.17) is 0 Å². The third-order valence-electron chi connectivity index (χ3n) is 5.20. The molecule has 2 atom stereocenters. The topological polar surface area (TPSA) is 0 Å². The summed E-state index contributed by atoms with van der Waals surface area (Å²) in [6.45, 7) is 0. The van der Waals surface area contributed by atoms with Gasteiger partial charge in [-0.05, 0) is 36.4 Å². The van der Waals surface area contributed by atoms with Crippen LogP contribution in [0, 0.1) is 0 Å². The van der Waals surface area contributed by atoms with Gasteiger partial charge >= 0.3 is 24.7 Å². The Balaban J connectivity index is 2.05. The molecule has 0 radical (unpaired) electrons. The van der Waals surface area contributed by atoms with E-state index in [0.717, 1.165) is 0 Å². The third kappa shape index (κ3) is 5.90. The second-order valence-electron chi connectivity index (χ2n) is 7.55. The van der Waals surface area contributed by atoms with Crippen LogP contribution in [0.25, 0.3) is 0 Å². The zero-order chi connectivity index (χ0) is 25.9. The molecule has 1 aliphatic heterocycles. The van der Waals surface area contributed by atoms with Crippen LogP contribution in [0.4, 0.5) is 52.7 Å². The van der Waals surface area contributed by atoms with E-state index in [9.17, 15) is 52.7 Å². The van der Waals surface area contributed by atoms with Gasteiger partial charge in [-0.2, -0.15) is 52.7 Å². The van der Waals surface area contributed by atoms with E-state index >= 15 is 0 Å².